The SMILES string of the molecule is Cc1cccc(NC(=O)COC(=O)c2ccc(S(=O)(=O)N(C)c3ccccc3)cc2)c1C. The van der Waals surface area contributed by atoms with E-state index in [4.69, 9.17) is 4.74 Å². The number of benzene rings is 3. The van der Waals surface area contributed by atoms with E-state index in [1.54, 1.807) is 36.4 Å². The number of para-hydroxylation sites is 1. The van der Waals surface area contributed by atoms with Crippen molar-refractivity contribution in [2.75, 3.05) is 23.3 Å². The van der Waals surface area contributed by atoms with E-state index in [9.17, 15) is 18.0 Å². The molecule has 0 unspecified atom stereocenters. The summed E-state index contributed by atoms with van der Waals surface area (Å²) in [4.78, 5) is 24.4. The average Bonchev–Trinajstić information content (AvgIpc) is 2.80. The second-order valence-electron chi connectivity index (χ2n) is 7.20. The quantitative estimate of drug-likeness (QED) is 0.549. The van der Waals surface area contributed by atoms with Crippen molar-refractivity contribution in [3.05, 3.63) is 89.5 Å². The van der Waals surface area contributed by atoms with E-state index in [0.717, 1.165) is 15.4 Å². The second kappa shape index (κ2) is 9.65. The summed E-state index contributed by atoms with van der Waals surface area (Å²) in [6.07, 6.45) is 0. The molecule has 0 bridgehead atoms. The minimum atomic E-state index is -3.79. The van der Waals surface area contributed by atoms with Crippen LogP contribution in [0.4, 0.5) is 11.4 Å². The van der Waals surface area contributed by atoms with E-state index in [-0.39, 0.29) is 10.5 Å². The lowest BCUT2D eigenvalue weighted by Gasteiger charge is -2.19. The number of ether oxygens (including phenoxy) is 1. The fraction of sp³-hybridized carbons (Fsp3) is 0.167. The van der Waals surface area contributed by atoms with Crippen LogP contribution in [0.5, 0.6) is 0 Å². The van der Waals surface area contributed by atoms with Crippen molar-refractivity contribution in [3.8, 4) is 0 Å². The maximum absolute atomic E-state index is 12.8. The second-order valence-corrected chi connectivity index (χ2v) is 9.17. The molecule has 0 heterocycles. The molecule has 8 heteroatoms. The van der Waals surface area contributed by atoms with Gasteiger partial charge in [-0.3, -0.25) is 9.10 Å². The van der Waals surface area contributed by atoms with Crippen LogP contribution in [0.2, 0.25) is 0 Å². The molecular formula is C24H24N2O5S. The molecule has 166 valence electrons. The highest BCUT2D eigenvalue weighted by Crippen LogP contribution is 2.22. The standard InChI is InChI=1S/C24H24N2O5S/c1-17-8-7-11-22(18(17)2)25-23(27)16-31-24(28)19-12-14-21(15-13-19)32(29,30)26(3)20-9-5-4-6-10-20/h4-15H,16H2,1-3H3,(H,25,27). The number of sulfonamides is 1. The van der Waals surface area contributed by atoms with Crippen molar-refractivity contribution in [1.29, 1.82) is 0 Å². The summed E-state index contributed by atoms with van der Waals surface area (Å²) in [7, 11) is -2.33. The Labute approximate surface area is 187 Å². The summed E-state index contributed by atoms with van der Waals surface area (Å²) in [5.74, 6) is -1.18. The molecule has 3 aromatic rings. The van der Waals surface area contributed by atoms with Crippen molar-refractivity contribution in [2.45, 2.75) is 18.7 Å². The molecule has 1 amide bonds. The van der Waals surface area contributed by atoms with Crippen LogP contribution in [0.3, 0.4) is 0 Å². The number of carbonyl (C=O) groups excluding carboxylic acids is 2. The first-order chi connectivity index (χ1) is 15.2. The number of nitrogens with zero attached hydrogens (tertiary/aromatic N) is 1. The van der Waals surface area contributed by atoms with Crippen molar-refractivity contribution in [3.63, 3.8) is 0 Å². The monoisotopic (exact) mass is 452 g/mol. The first-order valence-corrected chi connectivity index (χ1v) is 11.3. The van der Waals surface area contributed by atoms with Gasteiger partial charge in [-0.2, -0.15) is 0 Å². The highest BCUT2D eigenvalue weighted by atomic mass is 32.2. The molecule has 0 atom stereocenters. The molecule has 0 radical (unpaired) electrons. The summed E-state index contributed by atoms with van der Waals surface area (Å²) < 4.78 is 31.8. The van der Waals surface area contributed by atoms with Gasteiger partial charge in [0.15, 0.2) is 6.61 Å². The molecule has 7 nitrogen and oxygen atoms in total. The Balaban J connectivity index is 1.62. The summed E-state index contributed by atoms with van der Waals surface area (Å²) in [6.45, 7) is 3.37. The summed E-state index contributed by atoms with van der Waals surface area (Å²) in [5, 5.41) is 2.71. The van der Waals surface area contributed by atoms with Gasteiger partial charge in [0.1, 0.15) is 0 Å². The lowest BCUT2D eigenvalue weighted by atomic mass is 10.1. The van der Waals surface area contributed by atoms with Crippen LogP contribution < -0.4 is 9.62 Å². The van der Waals surface area contributed by atoms with Crippen LogP contribution in [-0.4, -0.2) is 33.9 Å². The molecular weight excluding hydrogens is 428 g/mol. The lowest BCUT2D eigenvalue weighted by molar-refractivity contribution is -0.119. The maximum atomic E-state index is 12.8. The third-order valence-corrected chi connectivity index (χ3v) is 6.88. The van der Waals surface area contributed by atoms with Crippen molar-refractivity contribution in [2.24, 2.45) is 0 Å². The summed E-state index contributed by atoms with van der Waals surface area (Å²) in [6, 6.07) is 19.6. The molecule has 0 fully saturated rings. The molecule has 0 saturated heterocycles. The molecule has 0 aliphatic heterocycles. The third kappa shape index (κ3) is 5.15. The number of hydrogen-bond donors (Lipinski definition) is 1. The van der Waals surface area contributed by atoms with Crippen LogP contribution in [0.1, 0.15) is 21.5 Å². The Kier molecular flexibility index (Phi) is 6.95. The van der Waals surface area contributed by atoms with Crippen molar-refractivity contribution >= 4 is 33.3 Å². The van der Waals surface area contributed by atoms with Crippen LogP contribution in [0.25, 0.3) is 0 Å². The normalized spacial score (nSPS) is 11.0. The van der Waals surface area contributed by atoms with Gasteiger partial charge in [-0.05, 0) is 67.4 Å². The molecule has 0 aliphatic carbocycles. The molecule has 0 aliphatic rings. The van der Waals surface area contributed by atoms with Crippen LogP contribution >= 0.6 is 0 Å². The van der Waals surface area contributed by atoms with Crippen molar-refractivity contribution < 1.29 is 22.7 Å². The smallest absolute Gasteiger partial charge is 0.338 e. The summed E-state index contributed by atoms with van der Waals surface area (Å²) >= 11 is 0. The van der Waals surface area contributed by atoms with Gasteiger partial charge in [-0.1, -0.05) is 30.3 Å². The first kappa shape index (κ1) is 23.0. The fourth-order valence-electron chi connectivity index (χ4n) is 2.99. The van der Waals surface area contributed by atoms with E-state index < -0.39 is 28.5 Å². The van der Waals surface area contributed by atoms with E-state index >= 15 is 0 Å². The van der Waals surface area contributed by atoms with E-state index in [1.165, 1.54) is 31.3 Å². The third-order valence-electron chi connectivity index (χ3n) is 5.08. The van der Waals surface area contributed by atoms with Crippen molar-refractivity contribution in [1.82, 2.24) is 0 Å². The predicted molar refractivity (Wildman–Crippen MR) is 123 cm³/mol. The molecule has 32 heavy (non-hydrogen) atoms. The Bertz CT molecular complexity index is 1220. The highest BCUT2D eigenvalue weighted by Gasteiger charge is 2.22. The molecule has 0 aromatic heterocycles. The van der Waals surface area contributed by atoms with Crippen LogP contribution in [0, 0.1) is 13.8 Å². The fourth-order valence-corrected chi connectivity index (χ4v) is 4.18. The predicted octanol–water partition coefficient (Wildman–Crippen LogP) is 3.92. The zero-order valence-corrected chi connectivity index (χ0v) is 18.8. The van der Waals surface area contributed by atoms with E-state index in [2.05, 4.69) is 5.32 Å². The number of amides is 1. The first-order valence-electron chi connectivity index (χ1n) is 9.87. The van der Waals surface area contributed by atoms with Gasteiger partial charge in [0.05, 0.1) is 16.1 Å². The van der Waals surface area contributed by atoms with Gasteiger partial charge in [-0.25, -0.2) is 13.2 Å². The minimum Gasteiger partial charge on any atom is -0.452 e. The number of anilines is 2. The number of esters is 1. The number of nitrogens with one attached hydrogen (secondary N) is 1. The number of hydrogen-bond acceptors (Lipinski definition) is 5. The molecule has 3 rings (SSSR count). The topological polar surface area (TPSA) is 92.8 Å². The largest absolute Gasteiger partial charge is 0.452 e. The zero-order chi connectivity index (χ0) is 23.3. The molecule has 0 saturated carbocycles. The van der Waals surface area contributed by atoms with Crippen LogP contribution in [-0.2, 0) is 19.6 Å². The zero-order valence-electron chi connectivity index (χ0n) is 18.0. The minimum absolute atomic E-state index is 0.0352. The van der Waals surface area contributed by atoms with Gasteiger partial charge in [0.25, 0.3) is 15.9 Å². The highest BCUT2D eigenvalue weighted by molar-refractivity contribution is 7.92. The van der Waals surface area contributed by atoms with Gasteiger partial charge in [-0.15, -0.1) is 0 Å². The Hall–Kier alpha value is -3.65. The van der Waals surface area contributed by atoms with Gasteiger partial charge >= 0.3 is 5.97 Å². The van der Waals surface area contributed by atoms with E-state index in [1.807, 2.05) is 26.0 Å². The van der Waals surface area contributed by atoms with E-state index in [0.29, 0.717) is 11.4 Å². The van der Waals surface area contributed by atoms with Gasteiger partial charge in [0, 0.05) is 12.7 Å². The Morgan fingerprint density at radius 1 is 0.906 bits per heavy atom. The van der Waals surface area contributed by atoms with Gasteiger partial charge < -0.3 is 10.1 Å². The molecule has 3 aromatic carbocycles. The molecule has 1 N–H and O–H groups in total. The Morgan fingerprint density at radius 2 is 1.56 bits per heavy atom. The Morgan fingerprint density at radius 3 is 2.22 bits per heavy atom. The summed E-state index contributed by atoms with van der Waals surface area (Å²) in [5.41, 5.74) is 3.29. The van der Waals surface area contributed by atoms with Gasteiger partial charge in [0.2, 0.25) is 0 Å². The lowest BCUT2D eigenvalue weighted by Crippen LogP contribution is -2.26. The maximum Gasteiger partial charge on any atom is 0.338 e. The van der Waals surface area contributed by atoms with Crippen LogP contribution in [0.15, 0.2) is 77.7 Å². The average molecular weight is 453 g/mol. The molecule has 0 spiro atoms. The number of aryl methyl sites for hydroxylation is 1. The number of carbonyl (C=O) groups is 2. The number of rotatable bonds is 7.